The fourth-order valence-corrected chi connectivity index (χ4v) is 7.72. The number of benzene rings is 1. The van der Waals surface area contributed by atoms with Crippen LogP contribution in [0.4, 0.5) is 5.82 Å². The highest BCUT2D eigenvalue weighted by molar-refractivity contribution is 7.47. The van der Waals surface area contributed by atoms with Crippen molar-refractivity contribution >= 4 is 19.2 Å². The number of ether oxygens (including phenoxy) is 3. The number of fused-ring (bicyclic) bond motifs is 1. The average Bonchev–Trinajstić information content (AvgIpc) is 3.76. The van der Waals surface area contributed by atoms with E-state index in [9.17, 15) is 24.9 Å². The van der Waals surface area contributed by atoms with Gasteiger partial charge in [-0.1, -0.05) is 103 Å². The molecule has 1 fully saturated rings. The van der Waals surface area contributed by atoms with Crippen LogP contribution in [0, 0.1) is 22.7 Å². The summed E-state index contributed by atoms with van der Waals surface area (Å²) >= 11 is 0. The van der Waals surface area contributed by atoms with Crippen molar-refractivity contribution in [2.45, 2.75) is 146 Å². The fourth-order valence-electron chi connectivity index (χ4n) is 6.95. The third-order valence-corrected chi connectivity index (χ3v) is 11.3. The van der Waals surface area contributed by atoms with Crippen LogP contribution in [0.25, 0.3) is 5.52 Å². The summed E-state index contributed by atoms with van der Waals surface area (Å²) in [6.45, 7) is 2.76. The van der Waals surface area contributed by atoms with Crippen LogP contribution in [-0.4, -0.2) is 80.5 Å². The van der Waals surface area contributed by atoms with Gasteiger partial charge in [-0.05, 0) is 49.1 Å². The summed E-state index contributed by atoms with van der Waals surface area (Å²) in [6, 6.07) is 14.4. The largest absolute Gasteiger partial charge is 0.472 e. The Balaban J connectivity index is 1.13. The molecule has 2 unspecified atom stereocenters. The maximum absolute atomic E-state index is 12.6. The predicted octanol–water partition coefficient (Wildman–Crippen LogP) is 7.02. The monoisotopic (exact) mass is 812 g/mol. The number of aliphatic hydroxyl groups is 2. The molecule has 15 nitrogen and oxygen atoms in total. The van der Waals surface area contributed by atoms with Crippen molar-refractivity contribution in [1.29, 1.82) is 10.5 Å². The zero-order valence-corrected chi connectivity index (χ0v) is 34.1. The van der Waals surface area contributed by atoms with Gasteiger partial charge >= 0.3 is 7.82 Å². The molecule has 1 aliphatic rings. The van der Waals surface area contributed by atoms with E-state index < -0.39 is 38.3 Å². The molecule has 6 atom stereocenters. The van der Waals surface area contributed by atoms with E-state index in [-0.39, 0.29) is 24.2 Å². The van der Waals surface area contributed by atoms with Crippen LogP contribution in [0.1, 0.15) is 126 Å². The van der Waals surface area contributed by atoms with E-state index in [0.29, 0.717) is 43.7 Å². The van der Waals surface area contributed by atoms with Crippen LogP contribution >= 0.6 is 7.82 Å². The summed E-state index contributed by atoms with van der Waals surface area (Å²) in [5.41, 5.74) is 5.87. The molecule has 2 aromatic heterocycles. The Labute approximate surface area is 336 Å². The molecule has 1 saturated heterocycles. The predicted molar refractivity (Wildman–Crippen MR) is 213 cm³/mol. The van der Waals surface area contributed by atoms with E-state index in [1.807, 2.05) is 18.2 Å². The zero-order chi connectivity index (χ0) is 40.9. The van der Waals surface area contributed by atoms with Gasteiger partial charge in [-0.25, -0.2) is 14.1 Å². The van der Waals surface area contributed by atoms with Crippen molar-refractivity contribution in [3.05, 3.63) is 59.5 Å². The van der Waals surface area contributed by atoms with Crippen LogP contribution in [0.2, 0.25) is 0 Å². The first-order chi connectivity index (χ1) is 27.6. The first-order valence-electron chi connectivity index (χ1n) is 20.5. The van der Waals surface area contributed by atoms with Gasteiger partial charge in [-0.3, -0.25) is 9.05 Å². The number of anilines is 1. The van der Waals surface area contributed by atoms with Gasteiger partial charge in [-0.15, -0.1) is 0 Å². The first-order valence-corrected chi connectivity index (χ1v) is 22.0. The van der Waals surface area contributed by atoms with Crippen LogP contribution in [0.15, 0.2) is 42.7 Å². The molecule has 16 heteroatoms. The lowest BCUT2D eigenvalue weighted by molar-refractivity contribution is -0.0643. The van der Waals surface area contributed by atoms with E-state index >= 15 is 0 Å². The Bertz CT molecular complexity index is 1750. The molecular weight excluding hydrogens is 751 g/mol. The van der Waals surface area contributed by atoms with Gasteiger partial charge in [0.25, 0.3) is 0 Å². The lowest BCUT2D eigenvalue weighted by atomic mass is 9.92. The quantitative estimate of drug-likeness (QED) is 0.0408. The summed E-state index contributed by atoms with van der Waals surface area (Å²) in [4.78, 5) is 14.2. The summed E-state index contributed by atoms with van der Waals surface area (Å²) < 4.78 is 42.1. The molecule has 3 aromatic rings. The van der Waals surface area contributed by atoms with Crippen molar-refractivity contribution in [2.24, 2.45) is 0 Å². The normalized spacial score (nSPS) is 21.0. The van der Waals surface area contributed by atoms with Crippen LogP contribution < -0.4 is 5.73 Å². The summed E-state index contributed by atoms with van der Waals surface area (Å²) in [6.07, 6.45) is 15.0. The van der Waals surface area contributed by atoms with Crippen molar-refractivity contribution in [1.82, 2.24) is 14.6 Å². The van der Waals surface area contributed by atoms with Crippen molar-refractivity contribution in [2.75, 3.05) is 32.2 Å². The van der Waals surface area contributed by atoms with Gasteiger partial charge in [0.15, 0.2) is 5.82 Å². The number of nitrogens with zero attached hydrogens (tertiary/aromatic N) is 5. The summed E-state index contributed by atoms with van der Waals surface area (Å²) in [7, 11) is -4.57. The number of unbranched alkanes of at least 4 members (excludes halogenated alkanes) is 13. The number of nitriles is 2. The van der Waals surface area contributed by atoms with Gasteiger partial charge in [0.05, 0.1) is 49.9 Å². The maximum Gasteiger partial charge on any atom is 0.472 e. The number of rotatable bonds is 29. The maximum atomic E-state index is 12.6. The molecule has 0 amide bonds. The number of aromatic nitrogens is 3. The number of aliphatic hydroxyl groups excluding tert-OH is 2. The van der Waals surface area contributed by atoms with Gasteiger partial charge in [0.2, 0.25) is 5.60 Å². The Kier molecular flexibility index (Phi) is 19.8. The second-order valence-corrected chi connectivity index (χ2v) is 16.2. The van der Waals surface area contributed by atoms with Gasteiger partial charge < -0.3 is 35.1 Å². The molecule has 57 heavy (non-hydrogen) atoms. The van der Waals surface area contributed by atoms with Crippen LogP contribution in [0.3, 0.4) is 0 Å². The van der Waals surface area contributed by atoms with E-state index in [0.717, 1.165) is 24.8 Å². The molecule has 0 saturated carbocycles. The van der Waals surface area contributed by atoms with E-state index in [1.165, 1.54) is 87.5 Å². The number of hydrogen-bond acceptors (Lipinski definition) is 13. The third-order valence-electron chi connectivity index (χ3n) is 10.3. The number of nitrogen functional groups attached to an aromatic ring is 1. The highest BCUT2D eigenvalue weighted by atomic mass is 31.2. The minimum atomic E-state index is -4.57. The molecule has 0 bridgehead atoms. The number of phosphoric acid groups is 1. The Morgan fingerprint density at radius 2 is 1.56 bits per heavy atom. The van der Waals surface area contributed by atoms with Crippen LogP contribution in [-0.2, 0) is 40.0 Å². The molecule has 5 N–H and O–H groups in total. The molecule has 314 valence electrons. The minimum Gasteiger partial charge on any atom is -0.387 e. The van der Waals surface area contributed by atoms with Crippen LogP contribution in [0.5, 0.6) is 0 Å². The van der Waals surface area contributed by atoms with E-state index in [4.69, 9.17) is 34.3 Å². The molecular formula is C41H61N6O9P. The Morgan fingerprint density at radius 3 is 2.21 bits per heavy atom. The third kappa shape index (κ3) is 14.4. The molecule has 1 aliphatic heterocycles. The van der Waals surface area contributed by atoms with E-state index in [2.05, 4.69) is 23.1 Å². The lowest BCUT2D eigenvalue weighted by Gasteiger charge is -2.24. The Morgan fingerprint density at radius 1 is 0.912 bits per heavy atom. The molecule has 0 radical (unpaired) electrons. The summed E-state index contributed by atoms with van der Waals surface area (Å²) in [5, 5.41) is 44.8. The molecule has 3 heterocycles. The second-order valence-electron chi connectivity index (χ2n) is 14.8. The molecule has 0 spiro atoms. The minimum absolute atomic E-state index is 0.0924. The zero-order valence-electron chi connectivity index (χ0n) is 33.3. The Hall–Kier alpha value is -3.47. The highest BCUT2D eigenvalue weighted by Gasteiger charge is 2.58. The number of nitrogens with two attached hydrogens (primary N) is 1. The second kappa shape index (κ2) is 24.5. The summed E-state index contributed by atoms with van der Waals surface area (Å²) in [5.74, 6) is 0.136. The lowest BCUT2D eigenvalue weighted by Crippen LogP contribution is -2.41. The molecule has 4 rings (SSSR count). The highest BCUT2D eigenvalue weighted by Crippen LogP contribution is 2.46. The van der Waals surface area contributed by atoms with E-state index in [1.54, 1.807) is 18.2 Å². The molecule has 0 aliphatic carbocycles. The first kappa shape index (κ1) is 46.2. The van der Waals surface area contributed by atoms with Gasteiger partial charge in [0, 0.05) is 6.61 Å². The van der Waals surface area contributed by atoms with Crippen molar-refractivity contribution in [3.63, 3.8) is 0 Å². The van der Waals surface area contributed by atoms with Crippen molar-refractivity contribution < 1.29 is 42.9 Å². The van der Waals surface area contributed by atoms with Crippen molar-refractivity contribution in [3.8, 4) is 12.1 Å². The topological polar surface area (TPSA) is 228 Å². The average molecular weight is 813 g/mol. The fraction of sp³-hybridized carbons (Fsp3) is 0.659. The molecule has 1 aromatic carbocycles. The SMILES string of the molecule is CCCCCCCCCCCCCCCC(COCCCCOP(=O)(O)OC[C@H]1O[C@@](C#N)(c2ccc3c(N)ncnn23)[C@H](O)[C@@H]1O)OCc1ccc(C#N)cc1. The smallest absolute Gasteiger partial charge is 0.387 e. The number of phosphoric ester groups is 1. The standard InChI is InChI=1S/C41H61N6O9P/c1-2-3-4-5-6-7-8-9-10-11-12-13-14-17-34(53-27-33-20-18-32(26-42)19-21-33)28-52-24-15-16-25-54-57(50,51)55-29-36-38(48)39(49)41(30-43,56-36)37-23-22-35-40(44)45-31-46-47(35)37/h18-23,31,34,36,38-39,48-49H,2-17,24-25,27-29H2,1H3,(H,50,51)(H2,44,45,46)/t34?,36-,38-,39-,41+/m1/s1. The van der Waals surface area contributed by atoms with Gasteiger partial charge in [-0.2, -0.15) is 15.6 Å². The van der Waals surface area contributed by atoms with Gasteiger partial charge in [0.1, 0.15) is 36.2 Å². The number of hydrogen-bond donors (Lipinski definition) is 4.